The van der Waals surface area contributed by atoms with Crippen LogP contribution in [0.3, 0.4) is 0 Å². The van der Waals surface area contributed by atoms with Gasteiger partial charge in [-0.3, -0.25) is 4.57 Å². The smallest absolute Gasteiger partial charge is 0.338 e. The summed E-state index contributed by atoms with van der Waals surface area (Å²) < 4.78 is 13.0. The fourth-order valence-electron chi connectivity index (χ4n) is 4.50. The van der Waals surface area contributed by atoms with Gasteiger partial charge in [0, 0.05) is 12.5 Å². The second kappa shape index (κ2) is 9.83. The number of ether oxygens (including phenoxy) is 2. The molecule has 180 valence electrons. The van der Waals surface area contributed by atoms with Crippen LogP contribution in [0.25, 0.3) is 11.2 Å². The lowest BCUT2D eigenvalue weighted by atomic mass is 9.93. The third-order valence-corrected chi connectivity index (χ3v) is 6.45. The summed E-state index contributed by atoms with van der Waals surface area (Å²) in [5.74, 6) is 0.0664. The molecule has 34 heavy (non-hydrogen) atoms. The highest BCUT2D eigenvalue weighted by molar-refractivity contribution is 6.28. The Morgan fingerprint density at radius 3 is 2.71 bits per heavy atom. The number of aliphatic hydroxyl groups is 2. The number of halogens is 1. The topological polar surface area (TPSA) is 132 Å². The van der Waals surface area contributed by atoms with Crippen LogP contribution < -0.4 is 5.32 Å². The molecule has 0 radical (unpaired) electrons. The zero-order chi connectivity index (χ0) is 23.7. The molecule has 0 amide bonds. The van der Waals surface area contributed by atoms with Crippen LogP contribution in [0.15, 0.2) is 36.7 Å². The number of carbonyl (C=O) groups excluding carboxylic acids is 1. The standard InChI is InChI=1S/C23H26ClN5O5/c24-23-27-19(26-14-6-8-15(30)9-7-14)18-20(28-23)29(12-25-18)21-17(31)10-16(34-21)11-33-22(32)13-4-2-1-3-5-13/h1-5,12,14-17,21,30-31H,6-11H2,(H,26,27,28)/t14?,15?,16-,17+,21+/m1/s1. The molecule has 5 rings (SSSR count). The van der Waals surface area contributed by atoms with E-state index in [0.29, 0.717) is 29.0 Å². The number of benzene rings is 1. The van der Waals surface area contributed by atoms with Crippen molar-refractivity contribution in [2.75, 3.05) is 11.9 Å². The van der Waals surface area contributed by atoms with Crippen LogP contribution in [0.4, 0.5) is 5.82 Å². The number of hydrogen-bond acceptors (Lipinski definition) is 9. The highest BCUT2D eigenvalue weighted by Crippen LogP contribution is 2.33. The van der Waals surface area contributed by atoms with Crippen molar-refractivity contribution in [2.45, 2.75) is 62.7 Å². The van der Waals surface area contributed by atoms with E-state index in [4.69, 9.17) is 21.1 Å². The average molecular weight is 488 g/mol. The molecular formula is C23H26ClN5O5. The van der Waals surface area contributed by atoms with Crippen LogP contribution in [-0.2, 0) is 9.47 Å². The van der Waals surface area contributed by atoms with Crippen molar-refractivity contribution in [3.05, 3.63) is 47.5 Å². The third-order valence-electron chi connectivity index (χ3n) is 6.28. The van der Waals surface area contributed by atoms with E-state index in [0.717, 1.165) is 25.7 Å². The summed E-state index contributed by atoms with van der Waals surface area (Å²) in [4.78, 5) is 25.3. The first-order chi connectivity index (χ1) is 16.5. The third kappa shape index (κ3) is 4.85. The highest BCUT2D eigenvalue weighted by Gasteiger charge is 2.37. The van der Waals surface area contributed by atoms with E-state index in [-0.39, 0.29) is 24.0 Å². The SMILES string of the molecule is O=C(OC[C@H]1C[C@H](O)[C@@H](n2cnc3c(NC4CCC(O)CC4)nc(Cl)nc32)O1)c1ccccc1. The Morgan fingerprint density at radius 2 is 1.94 bits per heavy atom. The maximum atomic E-state index is 12.2. The van der Waals surface area contributed by atoms with Crippen molar-refractivity contribution in [1.82, 2.24) is 19.5 Å². The minimum absolute atomic E-state index is 0.0179. The van der Waals surface area contributed by atoms with Gasteiger partial charge in [0.05, 0.1) is 24.1 Å². The van der Waals surface area contributed by atoms with Crippen molar-refractivity contribution >= 4 is 34.6 Å². The average Bonchev–Trinajstić information content (AvgIpc) is 3.42. The molecule has 0 bridgehead atoms. The van der Waals surface area contributed by atoms with Gasteiger partial charge in [-0.15, -0.1) is 0 Å². The molecule has 10 nitrogen and oxygen atoms in total. The Balaban J connectivity index is 1.29. The number of nitrogens with zero attached hydrogens (tertiary/aromatic N) is 4. The van der Waals surface area contributed by atoms with Crippen molar-refractivity contribution in [3.63, 3.8) is 0 Å². The van der Waals surface area contributed by atoms with Gasteiger partial charge in [-0.1, -0.05) is 18.2 Å². The van der Waals surface area contributed by atoms with E-state index in [1.807, 2.05) is 6.07 Å². The van der Waals surface area contributed by atoms with E-state index in [1.165, 1.54) is 6.33 Å². The maximum absolute atomic E-state index is 12.2. The number of esters is 1. The fourth-order valence-corrected chi connectivity index (χ4v) is 4.67. The van der Waals surface area contributed by atoms with Gasteiger partial charge in [-0.25, -0.2) is 9.78 Å². The number of aliphatic hydroxyl groups excluding tert-OH is 2. The number of fused-ring (bicyclic) bond motifs is 1. The summed E-state index contributed by atoms with van der Waals surface area (Å²) in [5.41, 5.74) is 1.41. The molecule has 1 aliphatic heterocycles. The number of aromatic nitrogens is 4. The second-order valence-corrected chi connectivity index (χ2v) is 9.07. The van der Waals surface area contributed by atoms with E-state index < -0.39 is 24.4 Å². The first kappa shape index (κ1) is 23.0. The first-order valence-corrected chi connectivity index (χ1v) is 11.8. The second-order valence-electron chi connectivity index (χ2n) is 8.73. The number of imidazole rings is 1. The lowest BCUT2D eigenvalue weighted by Crippen LogP contribution is -2.28. The zero-order valence-corrected chi connectivity index (χ0v) is 19.1. The van der Waals surface area contributed by atoms with Gasteiger partial charge in [0.25, 0.3) is 0 Å². The minimum atomic E-state index is -0.845. The number of rotatable bonds is 6. The number of carbonyl (C=O) groups is 1. The van der Waals surface area contributed by atoms with Crippen molar-refractivity contribution < 1.29 is 24.5 Å². The van der Waals surface area contributed by atoms with Crippen LogP contribution in [0.1, 0.15) is 48.7 Å². The summed E-state index contributed by atoms with van der Waals surface area (Å²) in [6.07, 6.45) is 2.59. The van der Waals surface area contributed by atoms with Gasteiger partial charge < -0.3 is 25.0 Å². The molecule has 2 aromatic heterocycles. The van der Waals surface area contributed by atoms with Crippen LogP contribution in [0.2, 0.25) is 5.28 Å². The van der Waals surface area contributed by atoms with Crippen LogP contribution >= 0.6 is 11.6 Å². The monoisotopic (exact) mass is 487 g/mol. The molecule has 3 atom stereocenters. The summed E-state index contributed by atoms with van der Waals surface area (Å²) >= 11 is 6.20. The summed E-state index contributed by atoms with van der Waals surface area (Å²) in [7, 11) is 0. The molecule has 1 saturated carbocycles. The Labute approximate surface area is 200 Å². The van der Waals surface area contributed by atoms with Gasteiger partial charge in [0.2, 0.25) is 5.28 Å². The molecule has 11 heteroatoms. The predicted octanol–water partition coefficient (Wildman–Crippen LogP) is 2.70. The Morgan fingerprint density at radius 1 is 1.18 bits per heavy atom. The lowest BCUT2D eigenvalue weighted by Gasteiger charge is -2.26. The Hall–Kier alpha value is -2.79. The quantitative estimate of drug-likeness (QED) is 0.354. The Bertz CT molecular complexity index is 1150. The summed E-state index contributed by atoms with van der Waals surface area (Å²) in [6.45, 7) is 0.0179. The highest BCUT2D eigenvalue weighted by atomic mass is 35.5. The molecule has 1 aromatic carbocycles. The molecule has 3 aromatic rings. The molecule has 1 saturated heterocycles. The predicted molar refractivity (Wildman–Crippen MR) is 123 cm³/mol. The molecule has 2 fully saturated rings. The largest absolute Gasteiger partial charge is 0.459 e. The molecule has 1 aliphatic carbocycles. The Kier molecular flexibility index (Phi) is 6.64. The van der Waals surface area contributed by atoms with E-state index in [9.17, 15) is 15.0 Å². The molecule has 2 aliphatic rings. The van der Waals surface area contributed by atoms with Gasteiger partial charge in [-0.2, -0.15) is 9.97 Å². The minimum Gasteiger partial charge on any atom is -0.459 e. The molecule has 0 spiro atoms. The van der Waals surface area contributed by atoms with Crippen molar-refractivity contribution in [1.29, 1.82) is 0 Å². The molecule has 0 unspecified atom stereocenters. The number of hydrogen-bond donors (Lipinski definition) is 3. The summed E-state index contributed by atoms with van der Waals surface area (Å²) in [5, 5.41) is 23.8. The molecule has 3 heterocycles. The first-order valence-electron chi connectivity index (χ1n) is 11.4. The van der Waals surface area contributed by atoms with Crippen LogP contribution in [0, 0.1) is 0 Å². The van der Waals surface area contributed by atoms with E-state index in [1.54, 1.807) is 28.8 Å². The van der Waals surface area contributed by atoms with Crippen LogP contribution in [-0.4, -0.2) is 66.7 Å². The van der Waals surface area contributed by atoms with Gasteiger partial charge in [0.1, 0.15) is 12.7 Å². The zero-order valence-electron chi connectivity index (χ0n) is 18.4. The van der Waals surface area contributed by atoms with Gasteiger partial charge in [-0.05, 0) is 49.4 Å². The maximum Gasteiger partial charge on any atom is 0.338 e. The fraction of sp³-hybridized carbons (Fsp3) is 0.478. The van der Waals surface area contributed by atoms with E-state index >= 15 is 0 Å². The molecule has 3 N–H and O–H groups in total. The number of nitrogens with one attached hydrogen (secondary N) is 1. The van der Waals surface area contributed by atoms with Gasteiger partial charge >= 0.3 is 5.97 Å². The lowest BCUT2D eigenvalue weighted by molar-refractivity contribution is -0.0531. The van der Waals surface area contributed by atoms with Crippen molar-refractivity contribution in [2.24, 2.45) is 0 Å². The van der Waals surface area contributed by atoms with Gasteiger partial charge in [0.15, 0.2) is 23.2 Å². The summed E-state index contributed by atoms with van der Waals surface area (Å²) in [6, 6.07) is 8.86. The van der Waals surface area contributed by atoms with Crippen LogP contribution in [0.5, 0.6) is 0 Å². The normalized spacial score (nSPS) is 27.1. The van der Waals surface area contributed by atoms with E-state index in [2.05, 4.69) is 20.3 Å². The van der Waals surface area contributed by atoms with Crippen molar-refractivity contribution in [3.8, 4) is 0 Å². The molecular weight excluding hydrogens is 462 g/mol. The number of anilines is 1.